The van der Waals surface area contributed by atoms with E-state index in [1.165, 1.54) is 31.4 Å². The Hall–Kier alpha value is -3.02. The molecule has 0 bridgehead atoms. The predicted octanol–water partition coefficient (Wildman–Crippen LogP) is 1.93. The Morgan fingerprint density at radius 3 is 1.91 bits per heavy atom. The largest absolute Gasteiger partial charge is 0.508 e. The van der Waals surface area contributed by atoms with Crippen LogP contribution in [0.1, 0.15) is 20.7 Å². The molecule has 3 N–H and O–H groups in total. The zero-order valence-electron chi connectivity index (χ0n) is 12.2. The van der Waals surface area contributed by atoms with Crippen molar-refractivity contribution in [2.75, 3.05) is 14.2 Å². The number of ether oxygens (including phenoxy) is 1. The van der Waals surface area contributed by atoms with Crippen LogP contribution in [0.25, 0.3) is 0 Å². The highest BCUT2D eigenvalue weighted by molar-refractivity contribution is 5.94. The quantitative estimate of drug-likeness (QED) is 0.737. The van der Waals surface area contributed by atoms with E-state index in [1.807, 2.05) is 0 Å². The van der Waals surface area contributed by atoms with Crippen LogP contribution in [0.4, 0.5) is 0 Å². The molecule has 0 saturated heterocycles. The number of carbonyl (C=O) groups excluding carboxylic acids is 2. The van der Waals surface area contributed by atoms with E-state index >= 15 is 0 Å². The van der Waals surface area contributed by atoms with E-state index in [1.54, 1.807) is 31.3 Å². The summed E-state index contributed by atoms with van der Waals surface area (Å²) in [5, 5.41) is 20.4. The Morgan fingerprint density at radius 2 is 1.45 bits per heavy atom. The van der Waals surface area contributed by atoms with Gasteiger partial charge in [0.05, 0.1) is 12.7 Å². The lowest BCUT2D eigenvalue weighted by atomic mass is 10.2. The van der Waals surface area contributed by atoms with Crippen molar-refractivity contribution in [2.24, 2.45) is 0 Å². The summed E-state index contributed by atoms with van der Waals surface area (Å²) in [7, 11) is 2.85. The van der Waals surface area contributed by atoms with Gasteiger partial charge in [-0.3, -0.25) is 4.79 Å². The van der Waals surface area contributed by atoms with Gasteiger partial charge in [-0.1, -0.05) is 12.1 Å². The molecule has 0 radical (unpaired) electrons. The van der Waals surface area contributed by atoms with Gasteiger partial charge in [-0.05, 0) is 36.4 Å². The zero-order chi connectivity index (χ0) is 16.5. The molecule has 0 fully saturated rings. The van der Waals surface area contributed by atoms with Crippen molar-refractivity contribution >= 4 is 11.9 Å². The Labute approximate surface area is 128 Å². The highest BCUT2D eigenvalue weighted by Crippen LogP contribution is 2.11. The number of rotatable bonds is 2. The van der Waals surface area contributed by atoms with Crippen molar-refractivity contribution in [3.05, 3.63) is 59.7 Å². The number of benzene rings is 2. The van der Waals surface area contributed by atoms with Gasteiger partial charge >= 0.3 is 5.97 Å². The van der Waals surface area contributed by atoms with Crippen molar-refractivity contribution in [3.8, 4) is 11.5 Å². The average Bonchev–Trinajstić information content (AvgIpc) is 2.54. The van der Waals surface area contributed by atoms with Gasteiger partial charge in [-0.25, -0.2) is 4.79 Å². The Kier molecular flexibility index (Phi) is 6.43. The number of nitrogens with one attached hydrogen (secondary N) is 1. The van der Waals surface area contributed by atoms with E-state index in [-0.39, 0.29) is 17.4 Å². The summed E-state index contributed by atoms with van der Waals surface area (Å²) < 4.78 is 4.44. The highest BCUT2D eigenvalue weighted by atomic mass is 16.5. The van der Waals surface area contributed by atoms with Crippen LogP contribution in [0.3, 0.4) is 0 Å². The number of esters is 1. The fourth-order valence-electron chi connectivity index (χ4n) is 1.54. The summed E-state index contributed by atoms with van der Waals surface area (Å²) in [5.74, 6) is -0.471. The van der Waals surface area contributed by atoms with Crippen LogP contribution in [-0.2, 0) is 4.74 Å². The third kappa shape index (κ3) is 5.16. The number of carbonyl (C=O) groups is 2. The molecule has 116 valence electrons. The molecule has 1 amide bonds. The molecule has 2 aromatic rings. The molecule has 0 heterocycles. The number of phenols is 2. The number of phenolic OH excluding ortho intramolecular Hbond substituents is 2. The minimum Gasteiger partial charge on any atom is -0.508 e. The molecule has 0 saturated carbocycles. The first-order valence-electron chi connectivity index (χ1n) is 6.36. The molecule has 0 spiro atoms. The molecule has 2 rings (SSSR count). The Balaban J connectivity index is 0.000000220. The average molecular weight is 303 g/mol. The third-order valence-electron chi connectivity index (χ3n) is 2.60. The Bertz CT molecular complexity index is 597. The number of methoxy groups -OCH3 is 1. The van der Waals surface area contributed by atoms with Crippen molar-refractivity contribution in [2.45, 2.75) is 0 Å². The Morgan fingerprint density at radius 1 is 0.955 bits per heavy atom. The molecule has 0 atom stereocenters. The molecule has 0 aromatic heterocycles. The van der Waals surface area contributed by atoms with E-state index in [0.29, 0.717) is 11.1 Å². The molecule has 6 heteroatoms. The first-order valence-corrected chi connectivity index (χ1v) is 6.36. The smallest absolute Gasteiger partial charge is 0.337 e. The van der Waals surface area contributed by atoms with E-state index in [2.05, 4.69) is 10.1 Å². The van der Waals surface area contributed by atoms with Crippen LogP contribution in [0, 0.1) is 0 Å². The van der Waals surface area contributed by atoms with Crippen molar-refractivity contribution < 1.29 is 24.5 Å². The maximum Gasteiger partial charge on any atom is 0.337 e. The maximum absolute atomic E-state index is 10.9. The van der Waals surface area contributed by atoms with Crippen LogP contribution < -0.4 is 5.32 Å². The van der Waals surface area contributed by atoms with E-state index < -0.39 is 5.97 Å². The summed E-state index contributed by atoms with van der Waals surface area (Å²) >= 11 is 0. The van der Waals surface area contributed by atoms with Crippen molar-refractivity contribution in [3.63, 3.8) is 0 Å². The van der Waals surface area contributed by atoms with Gasteiger partial charge in [0.1, 0.15) is 11.5 Å². The normalized spacial score (nSPS) is 9.18. The van der Waals surface area contributed by atoms with Crippen molar-refractivity contribution in [1.82, 2.24) is 5.32 Å². The van der Waals surface area contributed by atoms with Gasteiger partial charge < -0.3 is 20.3 Å². The number of hydrogen-bond acceptors (Lipinski definition) is 5. The molecule has 6 nitrogen and oxygen atoms in total. The fraction of sp³-hybridized carbons (Fsp3) is 0.125. The van der Waals surface area contributed by atoms with Gasteiger partial charge in [0.2, 0.25) is 0 Å². The maximum atomic E-state index is 10.9. The highest BCUT2D eigenvalue weighted by Gasteiger charge is 2.03. The van der Waals surface area contributed by atoms with Gasteiger partial charge in [0.25, 0.3) is 5.91 Å². The van der Waals surface area contributed by atoms with Gasteiger partial charge in [0.15, 0.2) is 0 Å². The van der Waals surface area contributed by atoms with Crippen LogP contribution >= 0.6 is 0 Å². The lowest BCUT2D eigenvalue weighted by Crippen LogP contribution is -2.17. The van der Waals surface area contributed by atoms with E-state index in [0.717, 1.165) is 0 Å². The summed E-state index contributed by atoms with van der Waals surface area (Å²) in [4.78, 5) is 21.8. The minimum absolute atomic E-state index is 0.0629. The molecular weight excluding hydrogens is 286 g/mol. The number of aromatic hydroxyl groups is 2. The molecular formula is C16H17NO5. The van der Waals surface area contributed by atoms with E-state index in [4.69, 9.17) is 10.2 Å². The molecule has 2 aromatic carbocycles. The van der Waals surface area contributed by atoms with Crippen LogP contribution in [0.15, 0.2) is 48.5 Å². The summed E-state index contributed by atoms with van der Waals surface area (Å²) in [6.45, 7) is 0. The van der Waals surface area contributed by atoms with E-state index in [9.17, 15) is 9.59 Å². The second-order valence-electron chi connectivity index (χ2n) is 4.17. The number of amides is 1. The molecule has 0 aliphatic heterocycles. The van der Waals surface area contributed by atoms with Gasteiger partial charge in [-0.2, -0.15) is 0 Å². The standard InChI is InChI=1S/C8H9NO2.C8H8O3/c1-9-8(11)6-3-2-4-7(10)5-6;1-11-8(10)6-3-2-4-7(9)5-6/h2-5,10H,1H3,(H,9,11);2-5,9H,1H3. The molecule has 22 heavy (non-hydrogen) atoms. The summed E-state index contributed by atoms with van der Waals surface area (Å²) in [6, 6.07) is 12.2. The SMILES string of the molecule is CNC(=O)c1cccc(O)c1.COC(=O)c1cccc(O)c1. The van der Waals surface area contributed by atoms with Gasteiger partial charge in [0, 0.05) is 12.6 Å². The van der Waals surface area contributed by atoms with Crippen LogP contribution in [0.5, 0.6) is 11.5 Å². The lowest BCUT2D eigenvalue weighted by molar-refractivity contribution is 0.0600. The van der Waals surface area contributed by atoms with Crippen molar-refractivity contribution in [1.29, 1.82) is 0 Å². The predicted molar refractivity (Wildman–Crippen MR) is 80.9 cm³/mol. The van der Waals surface area contributed by atoms with Crippen LogP contribution in [0.2, 0.25) is 0 Å². The topological polar surface area (TPSA) is 95.9 Å². The third-order valence-corrected chi connectivity index (χ3v) is 2.60. The summed E-state index contributed by atoms with van der Waals surface area (Å²) in [5.41, 5.74) is 0.819. The fourth-order valence-corrected chi connectivity index (χ4v) is 1.54. The zero-order valence-corrected chi connectivity index (χ0v) is 12.2. The second kappa shape index (κ2) is 8.31. The molecule has 0 aliphatic carbocycles. The molecule has 0 aliphatic rings. The van der Waals surface area contributed by atoms with Crippen LogP contribution in [-0.4, -0.2) is 36.2 Å². The monoisotopic (exact) mass is 303 g/mol. The second-order valence-corrected chi connectivity index (χ2v) is 4.17. The van der Waals surface area contributed by atoms with Gasteiger partial charge in [-0.15, -0.1) is 0 Å². The molecule has 0 unspecified atom stereocenters. The lowest BCUT2D eigenvalue weighted by Gasteiger charge is -1.98. The first-order chi connectivity index (χ1) is 10.5. The first kappa shape index (κ1) is 17.0. The minimum atomic E-state index is -0.444. The number of hydrogen-bond donors (Lipinski definition) is 3. The summed E-state index contributed by atoms with van der Waals surface area (Å²) in [6.07, 6.45) is 0.